The SMILES string of the molecule is COCC(C)Oc1cc(Nc2nc(CC(=O)O)cs2)cc(Oc2ccc(-c3nnc(C)o3)cc2)c1. The number of methoxy groups -OCH3 is 1. The van der Waals surface area contributed by atoms with E-state index in [9.17, 15) is 4.79 Å². The number of anilines is 2. The predicted molar refractivity (Wildman–Crippen MR) is 130 cm³/mol. The quantitative estimate of drug-likeness (QED) is 0.290. The summed E-state index contributed by atoms with van der Waals surface area (Å²) in [5.41, 5.74) is 1.95. The molecule has 0 aliphatic heterocycles. The fraction of sp³-hybridized carbons (Fsp3) is 0.250. The first-order valence-corrected chi connectivity index (χ1v) is 11.6. The minimum Gasteiger partial charge on any atom is -0.488 e. The molecule has 11 heteroatoms. The summed E-state index contributed by atoms with van der Waals surface area (Å²) >= 11 is 1.32. The lowest BCUT2D eigenvalue weighted by molar-refractivity contribution is -0.136. The number of aromatic nitrogens is 3. The second-order valence-corrected chi connectivity index (χ2v) is 8.53. The van der Waals surface area contributed by atoms with E-state index >= 15 is 0 Å². The average Bonchev–Trinajstić information content (AvgIpc) is 3.42. The van der Waals surface area contributed by atoms with Crippen molar-refractivity contribution in [3.05, 3.63) is 59.4 Å². The number of carboxylic acids is 1. The van der Waals surface area contributed by atoms with E-state index in [1.807, 2.05) is 37.3 Å². The Morgan fingerprint density at radius 3 is 2.60 bits per heavy atom. The van der Waals surface area contributed by atoms with Gasteiger partial charge in [-0.3, -0.25) is 4.79 Å². The van der Waals surface area contributed by atoms with Crippen molar-refractivity contribution in [1.82, 2.24) is 15.2 Å². The molecular formula is C24H24N4O6S. The Bertz CT molecular complexity index is 1290. The van der Waals surface area contributed by atoms with Gasteiger partial charge in [0.2, 0.25) is 11.8 Å². The van der Waals surface area contributed by atoms with Crippen LogP contribution in [-0.4, -0.2) is 46.1 Å². The first-order chi connectivity index (χ1) is 16.9. The molecule has 1 atom stereocenters. The average molecular weight is 497 g/mol. The van der Waals surface area contributed by atoms with Crippen LogP contribution in [0.15, 0.2) is 52.3 Å². The zero-order valence-corrected chi connectivity index (χ0v) is 20.2. The molecule has 0 amide bonds. The number of nitrogens with zero attached hydrogens (tertiary/aromatic N) is 3. The number of benzene rings is 2. The summed E-state index contributed by atoms with van der Waals surface area (Å²) in [4.78, 5) is 15.3. The van der Waals surface area contributed by atoms with Crippen molar-refractivity contribution in [3.63, 3.8) is 0 Å². The highest BCUT2D eigenvalue weighted by Gasteiger charge is 2.12. The van der Waals surface area contributed by atoms with Crippen molar-refractivity contribution >= 4 is 28.1 Å². The molecule has 182 valence electrons. The highest BCUT2D eigenvalue weighted by Crippen LogP contribution is 2.33. The van der Waals surface area contributed by atoms with Crippen LogP contribution in [0.4, 0.5) is 10.8 Å². The maximum Gasteiger partial charge on any atom is 0.309 e. The number of hydrogen-bond acceptors (Lipinski definition) is 10. The van der Waals surface area contributed by atoms with E-state index in [0.717, 1.165) is 5.56 Å². The van der Waals surface area contributed by atoms with Crippen molar-refractivity contribution in [2.75, 3.05) is 19.0 Å². The van der Waals surface area contributed by atoms with Crippen LogP contribution in [0.1, 0.15) is 18.5 Å². The van der Waals surface area contributed by atoms with Crippen LogP contribution in [0.25, 0.3) is 11.5 Å². The highest BCUT2D eigenvalue weighted by atomic mass is 32.1. The van der Waals surface area contributed by atoms with Gasteiger partial charge in [0.05, 0.1) is 18.7 Å². The van der Waals surface area contributed by atoms with Gasteiger partial charge in [0, 0.05) is 48.9 Å². The van der Waals surface area contributed by atoms with Crippen LogP contribution in [0.5, 0.6) is 17.2 Å². The summed E-state index contributed by atoms with van der Waals surface area (Å²) in [5.74, 6) is 1.73. The number of ether oxygens (including phenoxy) is 3. The van der Waals surface area contributed by atoms with Crippen LogP contribution >= 0.6 is 11.3 Å². The minimum atomic E-state index is -0.930. The fourth-order valence-electron chi connectivity index (χ4n) is 3.21. The molecule has 4 rings (SSSR count). The molecule has 0 bridgehead atoms. The van der Waals surface area contributed by atoms with Crippen molar-refractivity contribution in [3.8, 4) is 28.7 Å². The Morgan fingerprint density at radius 2 is 1.91 bits per heavy atom. The molecule has 2 N–H and O–H groups in total. The van der Waals surface area contributed by atoms with E-state index in [0.29, 0.717) is 52.1 Å². The third kappa shape index (κ3) is 6.78. The number of rotatable bonds is 11. The topological polar surface area (TPSA) is 129 Å². The Hall–Kier alpha value is -3.96. The van der Waals surface area contributed by atoms with Gasteiger partial charge in [-0.2, -0.15) is 0 Å². The molecule has 0 fully saturated rings. The second kappa shape index (κ2) is 11.0. The first kappa shape index (κ1) is 24.2. The number of aliphatic carboxylic acids is 1. The van der Waals surface area contributed by atoms with Gasteiger partial charge >= 0.3 is 5.97 Å². The van der Waals surface area contributed by atoms with Crippen LogP contribution in [-0.2, 0) is 16.0 Å². The van der Waals surface area contributed by atoms with Gasteiger partial charge in [-0.05, 0) is 31.2 Å². The van der Waals surface area contributed by atoms with Gasteiger partial charge in [-0.1, -0.05) is 0 Å². The molecule has 0 aliphatic rings. The van der Waals surface area contributed by atoms with Crippen LogP contribution in [0.2, 0.25) is 0 Å². The summed E-state index contributed by atoms with van der Waals surface area (Å²) in [6, 6.07) is 12.7. The maximum absolute atomic E-state index is 10.9. The molecule has 0 radical (unpaired) electrons. The molecule has 0 aliphatic carbocycles. The zero-order chi connectivity index (χ0) is 24.8. The second-order valence-electron chi connectivity index (χ2n) is 7.67. The molecule has 1 unspecified atom stereocenters. The number of nitrogens with one attached hydrogen (secondary N) is 1. The van der Waals surface area contributed by atoms with E-state index in [1.54, 1.807) is 31.5 Å². The molecule has 0 spiro atoms. The molecule has 4 aromatic rings. The molecule has 0 saturated heterocycles. The Morgan fingerprint density at radius 1 is 1.14 bits per heavy atom. The standard InChI is InChI=1S/C24H24N4O6S/c1-14(12-31-3)32-20-8-17(25-24-26-18(13-35-24)10-22(29)30)9-21(11-20)34-19-6-4-16(5-7-19)23-28-27-15(2)33-23/h4-9,11,13-14H,10,12H2,1-3H3,(H,25,26)(H,29,30). The lowest BCUT2D eigenvalue weighted by Crippen LogP contribution is -2.18. The number of aryl methyl sites for hydroxylation is 1. The lowest BCUT2D eigenvalue weighted by atomic mass is 10.2. The molecule has 2 heterocycles. The van der Waals surface area contributed by atoms with Gasteiger partial charge in [-0.25, -0.2) is 4.98 Å². The van der Waals surface area contributed by atoms with E-state index in [-0.39, 0.29) is 12.5 Å². The smallest absolute Gasteiger partial charge is 0.309 e. The van der Waals surface area contributed by atoms with E-state index in [4.69, 9.17) is 23.7 Å². The van der Waals surface area contributed by atoms with Crippen molar-refractivity contribution in [2.24, 2.45) is 0 Å². The van der Waals surface area contributed by atoms with Gasteiger partial charge in [0.15, 0.2) is 5.13 Å². The lowest BCUT2D eigenvalue weighted by Gasteiger charge is -2.16. The van der Waals surface area contributed by atoms with Gasteiger partial charge < -0.3 is 29.1 Å². The molecular weight excluding hydrogens is 472 g/mol. The van der Waals surface area contributed by atoms with Crippen molar-refractivity contribution < 1.29 is 28.5 Å². The van der Waals surface area contributed by atoms with Crippen molar-refractivity contribution in [2.45, 2.75) is 26.4 Å². The van der Waals surface area contributed by atoms with Crippen LogP contribution < -0.4 is 14.8 Å². The van der Waals surface area contributed by atoms with Crippen LogP contribution in [0, 0.1) is 6.92 Å². The van der Waals surface area contributed by atoms with E-state index < -0.39 is 5.97 Å². The normalized spacial score (nSPS) is 11.7. The molecule has 2 aromatic heterocycles. The Kier molecular flexibility index (Phi) is 7.58. The first-order valence-electron chi connectivity index (χ1n) is 10.7. The summed E-state index contributed by atoms with van der Waals surface area (Å²) in [6.45, 7) is 4.07. The number of carbonyl (C=O) groups is 1. The third-order valence-corrected chi connectivity index (χ3v) is 5.42. The van der Waals surface area contributed by atoms with Crippen LogP contribution in [0.3, 0.4) is 0 Å². The molecule has 0 saturated carbocycles. The minimum absolute atomic E-state index is 0.136. The monoisotopic (exact) mass is 496 g/mol. The van der Waals surface area contributed by atoms with Gasteiger partial charge in [0.25, 0.3) is 0 Å². The summed E-state index contributed by atoms with van der Waals surface area (Å²) in [6.07, 6.45) is -0.314. The number of hydrogen-bond donors (Lipinski definition) is 2. The highest BCUT2D eigenvalue weighted by molar-refractivity contribution is 7.13. The van der Waals surface area contributed by atoms with E-state index in [2.05, 4.69) is 20.5 Å². The largest absolute Gasteiger partial charge is 0.488 e. The summed E-state index contributed by atoms with van der Waals surface area (Å²) in [5, 5.41) is 22.3. The fourth-order valence-corrected chi connectivity index (χ4v) is 3.94. The maximum atomic E-state index is 10.9. The van der Waals surface area contributed by atoms with Crippen molar-refractivity contribution in [1.29, 1.82) is 0 Å². The summed E-state index contributed by atoms with van der Waals surface area (Å²) in [7, 11) is 1.61. The molecule has 2 aromatic carbocycles. The number of carboxylic acid groups (broad SMARTS) is 1. The zero-order valence-electron chi connectivity index (χ0n) is 19.3. The van der Waals surface area contributed by atoms with Gasteiger partial charge in [-0.15, -0.1) is 21.5 Å². The molecule has 35 heavy (non-hydrogen) atoms. The Balaban J connectivity index is 1.55. The summed E-state index contributed by atoms with van der Waals surface area (Å²) < 4.78 is 22.7. The predicted octanol–water partition coefficient (Wildman–Crippen LogP) is 5.08. The molecule has 10 nitrogen and oxygen atoms in total. The van der Waals surface area contributed by atoms with E-state index in [1.165, 1.54) is 11.3 Å². The Labute approximate surface area is 205 Å². The van der Waals surface area contributed by atoms with Gasteiger partial charge in [0.1, 0.15) is 23.4 Å². The third-order valence-electron chi connectivity index (χ3n) is 4.62. The number of thiazole rings is 1.